The average molecular weight is 431 g/mol. The second kappa shape index (κ2) is 11.0. The fraction of sp³-hybridized carbons (Fsp3) is 0.286. The van der Waals surface area contributed by atoms with Gasteiger partial charge in [-0.1, -0.05) is 48.5 Å². The van der Waals surface area contributed by atoms with E-state index >= 15 is 0 Å². The van der Waals surface area contributed by atoms with Gasteiger partial charge in [0.05, 0.1) is 13.2 Å². The number of unbranched alkanes of at least 4 members (excludes halogenated alkanes) is 1. The molecule has 0 unspecified atom stereocenters. The van der Waals surface area contributed by atoms with E-state index in [0.717, 1.165) is 57.0 Å². The fourth-order valence-corrected chi connectivity index (χ4v) is 3.88. The van der Waals surface area contributed by atoms with Crippen LogP contribution in [0.15, 0.2) is 72.8 Å². The van der Waals surface area contributed by atoms with Crippen LogP contribution in [-0.4, -0.2) is 36.6 Å². The summed E-state index contributed by atoms with van der Waals surface area (Å²) in [5.74, 6) is 1.76. The lowest BCUT2D eigenvalue weighted by Crippen LogP contribution is -2.02. The minimum atomic E-state index is 0.170. The van der Waals surface area contributed by atoms with Crippen LogP contribution >= 0.6 is 0 Å². The van der Waals surface area contributed by atoms with Crippen molar-refractivity contribution in [1.29, 1.82) is 0 Å². The summed E-state index contributed by atoms with van der Waals surface area (Å²) in [6.45, 7) is 1.65. The number of rotatable bonds is 11. The van der Waals surface area contributed by atoms with Gasteiger partial charge in [-0.3, -0.25) is 0 Å². The predicted molar refractivity (Wildman–Crippen MR) is 130 cm³/mol. The van der Waals surface area contributed by atoms with Gasteiger partial charge in [-0.25, -0.2) is 0 Å². The second-order valence-electron chi connectivity index (χ2n) is 8.04. The van der Waals surface area contributed by atoms with Crippen LogP contribution in [0.2, 0.25) is 0 Å². The van der Waals surface area contributed by atoms with Gasteiger partial charge in [-0.2, -0.15) is 0 Å². The van der Waals surface area contributed by atoms with Gasteiger partial charge in [-0.05, 0) is 82.6 Å². The molecule has 0 amide bonds. The molecule has 0 aliphatic rings. The smallest absolute Gasteiger partial charge is 0.119 e. The van der Waals surface area contributed by atoms with Crippen molar-refractivity contribution in [2.75, 3.05) is 26.4 Å². The number of hydrogen-bond donors (Lipinski definition) is 2. The molecule has 4 rings (SSSR count). The molecule has 166 valence electrons. The van der Waals surface area contributed by atoms with E-state index in [1.54, 1.807) is 0 Å². The number of benzene rings is 4. The highest BCUT2D eigenvalue weighted by Crippen LogP contribution is 2.24. The van der Waals surface area contributed by atoms with Gasteiger partial charge in [0.2, 0.25) is 0 Å². The summed E-state index contributed by atoms with van der Waals surface area (Å²) in [5.41, 5.74) is 2.29. The minimum Gasteiger partial charge on any atom is -0.494 e. The molecule has 0 radical (unpaired) electrons. The first-order chi connectivity index (χ1) is 15.7. The minimum absolute atomic E-state index is 0.170. The van der Waals surface area contributed by atoms with E-state index < -0.39 is 0 Å². The molecule has 0 heterocycles. The number of ether oxygens (including phenoxy) is 2. The van der Waals surface area contributed by atoms with E-state index in [1.165, 1.54) is 0 Å². The molecule has 0 aliphatic heterocycles. The SMILES string of the molecule is OCCc1ccc2cc(OCCCCOc3ccc4cc(CCO)ccc4c3)ccc2c1. The first-order valence-corrected chi connectivity index (χ1v) is 11.3. The third-order valence-electron chi connectivity index (χ3n) is 5.63. The lowest BCUT2D eigenvalue weighted by atomic mass is 10.1. The van der Waals surface area contributed by atoms with Crippen molar-refractivity contribution in [2.45, 2.75) is 25.7 Å². The molecule has 0 fully saturated rings. The zero-order chi connectivity index (χ0) is 22.2. The summed E-state index contributed by atoms with van der Waals surface area (Å²) < 4.78 is 11.8. The van der Waals surface area contributed by atoms with Crippen LogP contribution in [0.1, 0.15) is 24.0 Å². The highest BCUT2D eigenvalue weighted by molar-refractivity contribution is 5.85. The van der Waals surface area contributed by atoms with E-state index in [1.807, 2.05) is 12.1 Å². The zero-order valence-electron chi connectivity index (χ0n) is 18.3. The highest BCUT2D eigenvalue weighted by atomic mass is 16.5. The van der Waals surface area contributed by atoms with Gasteiger partial charge in [-0.15, -0.1) is 0 Å². The van der Waals surface area contributed by atoms with Crippen LogP contribution in [0.5, 0.6) is 11.5 Å². The molecule has 4 nitrogen and oxygen atoms in total. The van der Waals surface area contributed by atoms with E-state index in [4.69, 9.17) is 19.7 Å². The molecule has 4 aromatic rings. The first kappa shape index (κ1) is 22.1. The first-order valence-electron chi connectivity index (χ1n) is 11.3. The summed E-state index contributed by atoms with van der Waals surface area (Å²) in [6, 6.07) is 24.8. The van der Waals surface area contributed by atoms with Crippen LogP contribution in [0.4, 0.5) is 0 Å². The maximum Gasteiger partial charge on any atom is 0.119 e. The predicted octanol–water partition coefficient (Wildman–Crippen LogP) is 5.30. The Balaban J connectivity index is 1.21. The molecule has 0 aliphatic carbocycles. The molecule has 0 saturated carbocycles. The van der Waals surface area contributed by atoms with Crippen molar-refractivity contribution in [1.82, 2.24) is 0 Å². The Morgan fingerprint density at radius 2 is 0.906 bits per heavy atom. The molecule has 4 heteroatoms. The standard InChI is InChI=1S/C28H30O4/c29-13-11-21-3-5-25-19-27(9-7-23(25)17-21)31-15-1-2-16-32-28-10-8-24-18-22(12-14-30)4-6-26(24)20-28/h3-10,17-20,29-30H,1-2,11-16H2. The van der Waals surface area contributed by atoms with Crippen molar-refractivity contribution in [2.24, 2.45) is 0 Å². The number of fused-ring (bicyclic) bond motifs is 2. The Bertz CT molecular complexity index is 1080. The quantitative estimate of drug-likeness (QED) is 0.317. The fourth-order valence-electron chi connectivity index (χ4n) is 3.88. The van der Waals surface area contributed by atoms with Gasteiger partial charge < -0.3 is 19.7 Å². The van der Waals surface area contributed by atoms with Crippen molar-refractivity contribution >= 4 is 21.5 Å². The van der Waals surface area contributed by atoms with Gasteiger partial charge in [0.1, 0.15) is 11.5 Å². The van der Waals surface area contributed by atoms with Gasteiger partial charge in [0.15, 0.2) is 0 Å². The number of aliphatic hydroxyl groups is 2. The Labute approximate surface area is 189 Å². The molecule has 0 bridgehead atoms. The summed E-state index contributed by atoms with van der Waals surface area (Å²) >= 11 is 0. The summed E-state index contributed by atoms with van der Waals surface area (Å²) in [5, 5.41) is 22.8. The topological polar surface area (TPSA) is 58.9 Å². The van der Waals surface area contributed by atoms with Crippen LogP contribution in [-0.2, 0) is 12.8 Å². The van der Waals surface area contributed by atoms with Crippen molar-refractivity contribution in [3.05, 3.63) is 83.9 Å². The molecular weight excluding hydrogens is 400 g/mol. The van der Waals surface area contributed by atoms with E-state index in [-0.39, 0.29) is 13.2 Å². The van der Waals surface area contributed by atoms with Crippen LogP contribution in [0.25, 0.3) is 21.5 Å². The Morgan fingerprint density at radius 1 is 0.500 bits per heavy atom. The summed E-state index contributed by atoms with van der Waals surface area (Å²) in [6.07, 6.45) is 3.21. The Kier molecular flexibility index (Phi) is 7.59. The monoisotopic (exact) mass is 430 g/mol. The average Bonchev–Trinajstić information content (AvgIpc) is 2.81. The van der Waals surface area contributed by atoms with E-state index in [0.29, 0.717) is 26.1 Å². The summed E-state index contributed by atoms with van der Waals surface area (Å²) in [7, 11) is 0. The van der Waals surface area contributed by atoms with E-state index in [2.05, 4.69) is 60.7 Å². The molecule has 32 heavy (non-hydrogen) atoms. The van der Waals surface area contributed by atoms with Gasteiger partial charge >= 0.3 is 0 Å². The molecule has 0 atom stereocenters. The third-order valence-corrected chi connectivity index (χ3v) is 5.63. The van der Waals surface area contributed by atoms with Gasteiger partial charge in [0, 0.05) is 13.2 Å². The molecular formula is C28H30O4. The second-order valence-corrected chi connectivity index (χ2v) is 8.04. The maximum atomic E-state index is 9.09. The Hall–Kier alpha value is -3.08. The van der Waals surface area contributed by atoms with Crippen LogP contribution < -0.4 is 9.47 Å². The molecule has 4 aromatic carbocycles. The Morgan fingerprint density at radius 3 is 1.34 bits per heavy atom. The van der Waals surface area contributed by atoms with Crippen molar-refractivity contribution < 1.29 is 19.7 Å². The van der Waals surface area contributed by atoms with Gasteiger partial charge in [0.25, 0.3) is 0 Å². The largest absolute Gasteiger partial charge is 0.494 e. The maximum absolute atomic E-state index is 9.09. The number of hydrogen-bond acceptors (Lipinski definition) is 4. The van der Waals surface area contributed by atoms with Crippen molar-refractivity contribution in [3.63, 3.8) is 0 Å². The molecule has 0 saturated heterocycles. The van der Waals surface area contributed by atoms with E-state index in [9.17, 15) is 0 Å². The van der Waals surface area contributed by atoms with Crippen LogP contribution in [0, 0.1) is 0 Å². The third kappa shape index (κ3) is 5.78. The lowest BCUT2D eigenvalue weighted by molar-refractivity contribution is 0.267. The van der Waals surface area contributed by atoms with Crippen molar-refractivity contribution in [3.8, 4) is 11.5 Å². The normalized spacial score (nSPS) is 11.2. The summed E-state index contributed by atoms with van der Waals surface area (Å²) in [4.78, 5) is 0. The molecule has 2 N–H and O–H groups in total. The van der Waals surface area contributed by atoms with Crippen LogP contribution in [0.3, 0.4) is 0 Å². The highest BCUT2D eigenvalue weighted by Gasteiger charge is 2.02. The molecule has 0 spiro atoms. The molecule has 0 aromatic heterocycles. The lowest BCUT2D eigenvalue weighted by Gasteiger charge is -2.10. The number of aliphatic hydroxyl groups excluding tert-OH is 2. The zero-order valence-corrected chi connectivity index (χ0v) is 18.3.